The molecular formula is C14H22FNO3S. The van der Waals surface area contributed by atoms with E-state index in [0.717, 1.165) is 19.4 Å². The summed E-state index contributed by atoms with van der Waals surface area (Å²) in [7, 11) is -3.37. The lowest BCUT2D eigenvalue weighted by Gasteiger charge is -2.07. The summed E-state index contributed by atoms with van der Waals surface area (Å²) in [6.07, 6.45) is 2.76. The van der Waals surface area contributed by atoms with Crippen molar-refractivity contribution in [2.45, 2.75) is 31.9 Å². The van der Waals surface area contributed by atoms with E-state index in [9.17, 15) is 12.8 Å². The van der Waals surface area contributed by atoms with Crippen molar-refractivity contribution in [3.63, 3.8) is 0 Å². The predicted octanol–water partition coefficient (Wildman–Crippen LogP) is 2.45. The maximum absolute atomic E-state index is 12.7. The lowest BCUT2D eigenvalue weighted by molar-refractivity contribution is 0.130. The van der Waals surface area contributed by atoms with Crippen molar-refractivity contribution < 1.29 is 17.5 Å². The molecule has 0 saturated heterocycles. The van der Waals surface area contributed by atoms with Crippen molar-refractivity contribution in [2.24, 2.45) is 0 Å². The molecule has 0 radical (unpaired) electrons. The summed E-state index contributed by atoms with van der Waals surface area (Å²) in [5, 5.41) is 0. The lowest BCUT2D eigenvalue weighted by Crippen LogP contribution is -2.26. The smallest absolute Gasteiger partial charge is 0.215 e. The zero-order chi connectivity index (χ0) is 14.8. The molecular weight excluding hydrogens is 281 g/mol. The van der Waals surface area contributed by atoms with Gasteiger partial charge < -0.3 is 4.74 Å². The van der Waals surface area contributed by atoms with Crippen LogP contribution in [-0.4, -0.2) is 28.2 Å². The summed E-state index contributed by atoms with van der Waals surface area (Å²) < 4.78 is 44.1. The number of nitrogens with one attached hydrogen (secondary N) is 1. The number of sulfonamides is 1. The monoisotopic (exact) mass is 303 g/mol. The van der Waals surface area contributed by atoms with Gasteiger partial charge in [-0.2, -0.15) is 0 Å². The molecule has 0 unspecified atom stereocenters. The first-order chi connectivity index (χ1) is 9.53. The molecule has 0 bridgehead atoms. The molecule has 0 spiro atoms. The van der Waals surface area contributed by atoms with Crippen LogP contribution in [-0.2, 0) is 20.5 Å². The molecule has 0 aliphatic heterocycles. The number of hydrogen-bond acceptors (Lipinski definition) is 3. The minimum absolute atomic E-state index is 0.135. The molecule has 1 aromatic rings. The van der Waals surface area contributed by atoms with E-state index in [2.05, 4.69) is 11.6 Å². The number of ether oxygens (including phenoxy) is 1. The van der Waals surface area contributed by atoms with Gasteiger partial charge in [-0.3, -0.25) is 0 Å². The normalized spacial score (nSPS) is 11.7. The first-order valence-corrected chi connectivity index (χ1v) is 8.48. The van der Waals surface area contributed by atoms with Crippen LogP contribution >= 0.6 is 0 Å². The highest BCUT2D eigenvalue weighted by atomic mass is 32.2. The Morgan fingerprint density at radius 2 is 1.80 bits per heavy atom. The van der Waals surface area contributed by atoms with Gasteiger partial charge in [0.2, 0.25) is 10.0 Å². The molecule has 0 aliphatic rings. The fraction of sp³-hybridized carbons (Fsp3) is 0.571. The van der Waals surface area contributed by atoms with Gasteiger partial charge in [0.05, 0.1) is 5.75 Å². The average Bonchev–Trinajstić information content (AvgIpc) is 2.40. The number of unbranched alkanes of at least 4 members (excludes halogenated alkanes) is 1. The lowest BCUT2D eigenvalue weighted by atomic mass is 10.2. The Hall–Kier alpha value is -0.980. The molecule has 0 heterocycles. The molecule has 1 N–H and O–H groups in total. The molecule has 1 aromatic carbocycles. The van der Waals surface area contributed by atoms with Crippen molar-refractivity contribution >= 4 is 10.0 Å². The van der Waals surface area contributed by atoms with Gasteiger partial charge in [0.25, 0.3) is 0 Å². The van der Waals surface area contributed by atoms with Gasteiger partial charge in [-0.05, 0) is 30.5 Å². The van der Waals surface area contributed by atoms with E-state index >= 15 is 0 Å². The molecule has 114 valence electrons. The van der Waals surface area contributed by atoms with E-state index in [1.165, 1.54) is 24.3 Å². The fourth-order valence-electron chi connectivity index (χ4n) is 1.60. The van der Waals surface area contributed by atoms with Crippen molar-refractivity contribution in [2.75, 3.05) is 19.8 Å². The Bertz CT molecular complexity index is 474. The van der Waals surface area contributed by atoms with E-state index in [1.54, 1.807) is 0 Å². The van der Waals surface area contributed by atoms with E-state index in [1.807, 2.05) is 0 Å². The van der Waals surface area contributed by atoms with Crippen molar-refractivity contribution in [3.8, 4) is 0 Å². The number of halogens is 1. The number of benzene rings is 1. The zero-order valence-corrected chi connectivity index (χ0v) is 12.6. The number of rotatable bonds is 10. The minimum Gasteiger partial charge on any atom is -0.381 e. The molecule has 0 aromatic heterocycles. The van der Waals surface area contributed by atoms with Crippen LogP contribution in [0.15, 0.2) is 24.3 Å². The predicted molar refractivity (Wildman–Crippen MR) is 77.4 cm³/mol. The summed E-state index contributed by atoms with van der Waals surface area (Å²) in [6, 6.07) is 5.46. The Kier molecular flexibility index (Phi) is 7.72. The van der Waals surface area contributed by atoms with Crippen LogP contribution in [0.25, 0.3) is 0 Å². The van der Waals surface area contributed by atoms with Gasteiger partial charge in [0.15, 0.2) is 0 Å². The Morgan fingerprint density at radius 1 is 1.15 bits per heavy atom. The second kappa shape index (κ2) is 9.05. The fourth-order valence-corrected chi connectivity index (χ4v) is 2.79. The molecule has 0 amide bonds. The SMILES string of the molecule is CCCCOCCCNS(=O)(=O)Cc1ccc(F)cc1. The average molecular weight is 303 g/mol. The standard InChI is InChI=1S/C14H22FNO3S/c1-2-3-10-19-11-4-9-16-20(17,18)12-13-5-7-14(15)8-6-13/h5-8,16H,2-4,9-12H2,1H3. The van der Waals surface area contributed by atoms with Crippen LogP contribution < -0.4 is 4.72 Å². The van der Waals surface area contributed by atoms with Gasteiger partial charge in [-0.1, -0.05) is 25.5 Å². The third-order valence-electron chi connectivity index (χ3n) is 2.70. The van der Waals surface area contributed by atoms with E-state index in [0.29, 0.717) is 25.1 Å². The quantitative estimate of drug-likeness (QED) is 0.676. The van der Waals surface area contributed by atoms with Crippen LogP contribution in [0.3, 0.4) is 0 Å². The molecule has 1 rings (SSSR count). The third-order valence-corrected chi connectivity index (χ3v) is 4.06. The maximum Gasteiger partial charge on any atom is 0.215 e. The van der Waals surface area contributed by atoms with Gasteiger partial charge in [0, 0.05) is 19.8 Å². The molecule has 6 heteroatoms. The molecule has 0 aliphatic carbocycles. The minimum atomic E-state index is -3.37. The van der Waals surface area contributed by atoms with Gasteiger partial charge in [0.1, 0.15) is 5.82 Å². The second-order valence-electron chi connectivity index (χ2n) is 4.60. The van der Waals surface area contributed by atoms with Crippen LogP contribution in [0.4, 0.5) is 4.39 Å². The summed E-state index contributed by atoms with van der Waals surface area (Å²) in [6.45, 7) is 3.72. The molecule has 20 heavy (non-hydrogen) atoms. The molecule has 0 saturated carbocycles. The van der Waals surface area contributed by atoms with Crippen molar-refractivity contribution in [1.29, 1.82) is 0 Å². The van der Waals surface area contributed by atoms with E-state index < -0.39 is 10.0 Å². The summed E-state index contributed by atoms with van der Waals surface area (Å²) in [5.41, 5.74) is 0.568. The Morgan fingerprint density at radius 3 is 2.45 bits per heavy atom. The van der Waals surface area contributed by atoms with Gasteiger partial charge in [-0.15, -0.1) is 0 Å². The van der Waals surface area contributed by atoms with Crippen LogP contribution in [0, 0.1) is 5.82 Å². The largest absolute Gasteiger partial charge is 0.381 e. The first kappa shape index (κ1) is 17.1. The topological polar surface area (TPSA) is 55.4 Å². The van der Waals surface area contributed by atoms with Crippen LogP contribution in [0.1, 0.15) is 31.7 Å². The first-order valence-electron chi connectivity index (χ1n) is 6.83. The Labute approximate surface area is 120 Å². The highest BCUT2D eigenvalue weighted by molar-refractivity contribution is 7.88. The zero-order valence-electron chi connectivity index (χ0n) is 11.8. The highest BCUT2D eigenvalue weighted by Gasteiger charge is 2.10. The summed E-state index contributed by atoms with van der Waals surface area (Å²) in [4.78, 5) is 0. The van der Waals surface area contributed by atoms with Gasteiger partial charge in [-0.25, -0.2) is 17.5 Å². The van der Waals surface area contributed by atoms with Crippen LogP contribution in [0.2, 0.25) is 0 Å². The van der Waals surface area contributed by atoms with Crippen molar-refractivity contribution in [3.05, 3.63) is 35.6 Å². The third kappa shape index (κ3) is 7.57. The maximum atomic E-state index is 12.7. The van der Waals surface area contributed by atoms with Crippen molar-refractivity contribution in [1.82, 2.24) is 4.72 Å². The van der Waals surface area contributed by atoms with E-state index in [4.69, 9.17) is 4.74 Å². The highest BCUT2D eigenvalue weighted by Crippen LogP contribution is 2.06. The van der Waals surface area contributed by atoms with E-state index in [-0.39, 0.29) is 11.6 Å². The Balaban J connectivity index is 2.23. The molecule has 4 nitrogen and oxygen atoms in total. The number of hydrogen-bond donors (Lipinski definition) is 1. The van der Waals surface area contributed by atoms with Crippen LogP contribution in [0.5, 0.6) is 0 Å². The summed E-state index contributed by atoms with van der Waals surface area (Å²) in [5.74, 6) is -0.507. The summed E-state index contributed by atoms with van der Waals surface area (Å²) >= 11 is 0. The van der Waals surface area contributed by atoms with Gasteiger partial charge >= 0.3 is 0 Å². The second-order valence-corrected chi connectivity index (χ2v) is 6.41. The molecule has 0 atom stereocenters. The molecule has 0 fully saturated rings.